The largest absolute Gasteiger partial charge is 0.369 e. The highest BCUT2D eigenvalue weighted by Crippen LogP contribution is 2.31. The minimum absolute atomic E-state index is 0.171. The van der Waals surface area contributed by atoms with Crippen molar-refractivity contribution < 1.29 is 4.39 Å². The van der Waals surface area contributed by atoms with Crippen LogP contribution in [-0.4, -0.2) is 12.6 Å². The third kappa shape index (κ3) is 4.49. The molecule has 2 aromatic carbocycles. The van der Waals surface area contributed by atoms with Gasteiger partial charge in [-0.1, -0.05) is 36.2 Å². The van der Waals surface area contributed by atoms with E-state index in [4.69, 9.17) is 16.9 Å². The predicted molar refractivity (Wildman–Crippen MR) is 97.9 cm³/mol. The Balaban J connectivity index is 0.000000219. The molecule has 1 saturated heterocycles. The van der Waals surface area contributed by atoms with Crippen molar-refractivity contribution in [3.8, 4) is 6.07 Å². The minimum Gasteiger partial charge on any atom is -0.369 e. The number of anilines is 1. The lowest BCUT2D eigenvalue weighted by Gasteiger charge is -2.25. The van der Waals surface area contributed by atoms with E-state index in [1.165, 1.54) is 18.6 Å². The molecule has 0 aliphatic carbocycles. The number of aryl methyl sites for hydroxylation is 1. The average molecular weight is 345 g/mol. The maximum absolute atomic E-state index is 12.1. The highest BCUT2D eigenvalue weighted by molar-refractivity contribution is 6.32. The van der Waals surface area contributed by atoms with Crippen LogP contribution in [0.2, 0.25) is 5.02 Å². The second kappa shape index (κ2) is 8.17. The van der Waals surface area contributed by atoms with Crippen LogP contribution < -0.4 is 4.90 Å². The van der Waals surface area contributed by atoms with E-state index in [0.29, 0.717) is 16.6 Å². The third-order valence-electron chi connectivity index (χ3n) is 4.56. The Bertz CT molecular complexity index is 700. The molecule has 1 aliphatic heterocycles. The zero-order valence-corrected chi connectivity index (χ0v) is 15.0. The smallest absolute Gasteiger partial charge is 0.123 e. The molecule has 3 rings (SSSR count). The standard InChI is InChI=1S/C13H15ClN2.C7H7F/c1-9-5-6-16(10(9)2)12-4-3-11(8-15)13(14)7-12;1-6-2-4-7(8)5-3-6/h3-4,7,9-10H,5-6H2,1-2H3;2-5H,1H3/t9-,10+;/m1./s1. The molecule has 0 spiro atoms. The lowest BCUT2D eigenvalue weighted by Crippen LogP contribution is -2.28. The summed E-state index contributed by atoms with van der Waals surface area (Å²) in [6.45, 7) is 7.52. The van der Waals surface area contributed by atoms with Gasteiger partial charge in [0.15, 0.2) is 0 Å². The van der Waals surface area contributed by atoms with Gasteiger partial charge in [0.2, 0.25) is 0 Å². The van der Waals surface area contributed by atoms with Gasteiger partial charge in [0.05, 0.1) is 10.6 Å². The number of nitriles is 1. The van der Waals surface area contributed by atoms with Gasteiger partial charge < -0.3 is 4.90 Å². The van der Waals surface area contributed by atoms with E-state index in [-0.39, 0.29) is 5.82 Å². The summed E-state index contributed by atoms with van der Waals surface area (Å²) >= 11 is 6.04. The molecule has 1 heterocycles. The van der Waals surface area contributed by atoms with Crippen LogP contribution in [0.3, 0.4) is 0 Å². The highest BCUT2D eigenvalue weighted by Gasteiger charge is 2.27. The fourth-order valence-corrected chi connectivity index (χ4v) is 2.98. The van der Waals surface area contributed by atoms with E-state index in [2.05, 4.69) is 24.8 Å². The fraction of sp³-hybridized carbons (Fsp3) is 0.350. The van der Waals surface area contributed by atoms with Gasteiger partial charge in [-0.2, -0.15) is 5.26 Å². The molecule has 0 radical (unpaired) electrons. The topological polar surface area (TPSA) is 27.0 Å². The molecule has 0 aromatic heterocycles. The molecule has 2 nitrogen and oxygen atoms in total. The number of halogens is 2. The molecule has 0 N–H and O–H groups in total. The summed E-state index contributed by atoms with van der Waals surface area (Å²) in [7, 11) is 0. The van der Waals surface area contributed by atoms with Crippen molar-refractivity contribution in [1.82, 2.24) is 0 Å². The molecule has 2 atom stereocenters. The van der Waals surface area contributed by atoms with E-state index in [1.54, 1.807) is 18.2 Å². The van der Waals surface area contributed by atoms with Gasteiger partial charge in [-0.3, -0.25) is 0 Å². The van der Waals surface area contributed by atoms with Crippen molar-refractivity contribution in [1.29, 1.82) is 5.26 Å². The molecular weight excluding hydrogens is 323 g/mol. The first kappa shape index (κ1) is 18.3. The van der Waals surface area contributed by atoms with Crippen molar-refractivity contribution >= 4 is 17.3 Å². The summed E-state index contributed by atoms with van der Waals surface area (Å²) in [4.78, 5) is 2.36. The molecule has 0 bridgehead atoms. The molecule has 1 fully saturated rings. The minimum atomic E-state index is -0.171. The third-order valence-corrected chi connectivity index (χ3v) is 4.87. The Kier molecular flexibility index (Phi) is 6.23. The maximum atomic E-state index is 12.1. The van der Waals surface area contributed by atoms with Gasteiger partial charge in [0.1, 0.15) is 11.9 Å². The predicted octanol–water partition coefficient (Wildman–Crippen LogP) is 5.58. The molecule has 1 aliphatic rings. The van der Waals surface area contributed by atoms with Crippen molar-refractivity contribution in [2.45, 2.75) is 33.2 Å². The molecule has 4 heteroatoms. The highest BCUT2D eigenvalue weighted by atomic mass is 35.5. The van der Waals surface area contributed by atoms with Crippen LogP contribution in [0.25, 0.3) is 0 Å². The summed E-state index contributed by atoms with van der Waals surface area (Å²) in [5.74, 6) is 0.546. The Hall–Kier alpha value is -2.05. The second-order valence-corrected chi connectivity index (χ2v) is 6.68. The molecule has 0 saturated carbocycles. The number of nitrogens with zero attached hydrogens (tertiary/aromatic N) is 2. The van der Waals surface area contributed by atoms with Gasteiger partial charge >= 0.3 is 0 Å². The Labute approximate surface area is 148 Å². The zero-order chi connectivity index (χ0) is 17.7. The van der Waals surface area contributed by atoms with Gasteiger partial charge in [0.25, 0.3) is 0 Å². The average Bonchev–Trinajstić information content (AvgIpc) is 2.90. The number of benzene rings is 2. The summed E-state index contributed by atoms with van der Waals surface area (Å²) in [6, 6.07) is 14.7. The molecule has 126 valence electrons. The monoisotopic (exact) mass is 344 g/mol. The molecule has 24 heavy (non-hydrogen) atoms. The van der Waals surface area contributed by atoms with Crippen molar-refractivity contribution in [3.05, 3.63) is 64.4 Å². The van der Waals surface area contributed by atoms with Crippen molar-refractivity contribution in [2.24, 2.45) is 5.92 Å². The Morgan fingerprint density at radius 1 is 1.17 bits per heavy atom. The second-order valence-electron chi connectivity index (χ2n) is 6.27. The van der Waals surface area contributed by atoms with E-state index in [0.717, 1.165) is 23.7 Å². The first-order chi connectivity index (χ1) is 11.4. The van der Waals surface area contributed by atoms with Crippen LogP contribution >= 0.6 is 11.6 Å². The van der Waals surface area contributed by atoms with Gasteiger partial charge in [0, 0.05) is 18.3 Å². The van der Waals surface area contributed by atoms with E-state index in [9.17, 15) is 4.39 Å². The van der Waals surface area contributed by atoms with Crippen LogP contribution in [0.5, 0.6) is 0 Å². The maximum Gasteiger partial charge on any atom is 0.123 e. The first-order valence-corrected chi connectivity index (χ1v) is 8.48. The zero-order valence-electron chi connectivity index (χ0n) is 14.3. The lowest BCUT2D eigenvalue weighted by atomic mass is 10.1. The van der Waals surface area contributed by atoms with Crippen LogP contribution in [0.15, 0.2) is 42.5 Å². The quantitative estimate of drug-likeness (QED) is 0.675. The molecule has 0 unspecified atom stereocenters. The summed E-state index contributed by atoms with van der Waals surface area (Å²) in [5, 5.41) is 9.37. The summed E-state index contributed by atoms with van der Waals surface area (Å²) in [6.07, 6.45) is 1.22. The van der Waals surface area contributed by atoms with Crippen LogP contribution in [-0.2, 0) is 0 Å². The van der Waals surface area contributed by atoms with E-state index >= 15 is 0 Å². The van der Waals surface area contributed by atoms with Crippen molar-refractivity contribution in [3.63, 3.8) is 0 Å². The Morgan fingerprint density at radius 2 is 1.83 bits per heavy atom. The first-order valence-electron chi connectivity index (χ1n) is 8.11. The summed E-state index contributed by atoms with van der Waals surface area (Å²) < 4.78 is 12.1. The number of hydrogen-bond donors (Lipinski definition) is 0. The normalized spacial score (nSPS) is 19.4. The fourth-order valence-electron chi connectivity index (χ4n) is 2.77. The van der Waals surface area contributed by atoms with Crippen LogP contribution in [0.1, 0.15) is 31.4 Å². The number of rotatable bonds is 1. The lowest BCUT2D eigenvalue weighted by molar-refractivity contribution is 0.546. The van der Waals surface area contributed by atoms with Gasteiger partial charge in [-0.05, 0) is 56.5 Å². The van der Waals surface area contributed by atoms with E-state index < -0.39 is 0 Å². The SMILES string of the molecule is C[C@@H]1CCN(c2ccc(C#N)c(Cl)c2)[C@H]1C.Cc1ccc(F)cc1. The Morgan fingerprint density at radius 3 is 2.29 bits per heavy atom. The number of hydrogen-bond acceptors (Lipinski definition) is 2. The van der Waals surface area contributed by atoms with Gasteiger partial charge in [-0.15, -0.1) is 0 Å². The van der Waals surface area contributed by atoms with Crippen molar-refractivity contribution in [2.75, 3.05) is 11.4 Å². The van der Waals surface area contributed by atoms with Crippen LogP contribution in [0.4, 0.5) is 10.1 Å². The van der Waals surface area contributed by atoms with Gasteiger partial charge in [-0.25, -0.2) is 4.39 Å². The van der Waals surface area contributed by atoms with Crippen LogP contribution in [0, 0.1) is 30.0 Å². The molecule has 2 aromatic rings. The molecular formula is C20H22ClFN2. The molecule has 0 amide bonds. The van der Waals surface area contributed by atoms with E-state index in [1.807, 2.05) is 19.1 Å². The summed E-state index contributed by atoms with van der Waals surface area (Å²) in [5.41, 5.74) is 2.76.